The minimum Gasteiger partial charge on any atom is -0.311 e. The molecule has 0 bridgehead atoms. The summed E-state index contributed by atoms with van der Waals surface area (Å²) in [5.74, 6) is 0. The first-order chi connectivity index (χ1) is 26.9. The lowest BCUT2D eigenvalue weighted by molar-refractivity contribution is 0.590. The highest BCUT2D eigenvalue weighted by atomic mass is 15.2. The molecule has 0 radical (unpaired) electrons. The number of anilines is 6. The maximum atomic E-state index is 2.50. The summed E-state index contributed by atoms with van der Waals surface area (Å²) in [4.78, 5) is 4.99. The standard InChI is InChI=1S/C52H41BN2/c1-52(2,3)42-28-22-40(23-29-42)41-34-49-51-50(35-41)55(44-32-26-39(27-33-44)37-16-8-5-9-17-37)48-21-13-11-19-46(48)53(51)45-18-10-12-20-47(45)54(49)43-30-24-38(25-31-43)36-14-6-4-7-15-36/h4-35H,1-3H3. The number of nitrogens with zero attached hydrogens (tertiary/aromatic N) is 2. The molecule has 2 nitrogen and oxygen atoms in total. The number of hydrogen-bond donors (Lipinski definition) is 0. The van der Waals surface area contributed by atoms with Gasteiger partial charge in [-0.2, -0.15) is 0 Å². The van der Waals surface area contributed by atoms with Crippen molar-refractivity contribution in [3.63, 3.8) is 0 Å². The Morgan fingerprint density at radius 3 is 1.15 bits per heavy atom. The molecular weight excluding hydrogens is 663 g/mol. The van der Waals surface area contributed by atoms with Crippen molar-refractivity contribution in [1.82, 2.24) is 0 Å². The zero-order valence-electron chi connectivity index (χ0n) is 31.4. The first-order valence-electron chi connectivity index (χ1n) is 19.3. The Morgan fingerprint density at radius 2 is 0.709 bits per heavy atom. The Bertz CT molecular complexity index is 2500. The van der Waals surface area contributed by atoms with Gasteiger partial charge >= 0.3 is 0 Å². The molecule has 8 aromatic carbocycles. The average molecular weight is 705 g/mol. The van der Waals surface area contributed by atoms with E-state index in [1.54, 1.807) is 0 Å². The predicted octanol–water partition coefficient (Wildman–Crippen LogP) is 12.1. The molecule has 0 amide bonds. The Hall–Kier alpha value is -6.58. The molecule has 8 aromatic rings. The molecule has 0 N–H and O–H groups in total. The van der Waals surface area contributed by atoms with E-state index in [0.29, 0.717) is 0 Å². The van der Waals surface area contributed by atoms with Crippen LogP contribution in [-0.2, 0) is 5.41 Å². The van der Waals surface area contributed by atoms with Crippen LogP contribution in [0.3, 0.4) is 0 Å². The van der Waals surface area contributed by atoms with Gasteiger partial charge in [0.15, 0.2) is 0 Å². The zero-order chi connectivity index (χ0) is 37.1. The molecule has 55 heavy (non-hydrogen) atoms. The van der Waals surface area contributed by atoms with E-state index < -0.39 is 0 Å². The van der Waals surface area contributed by atoms with E-state index in [9.17, 15) is 0 Å². The lowest BCUT2D eigenvalue weighted by Crippen LogP contribution is -2.61. The van der Waals surface area contributed by atoms with E-state index in [1.807, 2.05) is 0 Å². The van der Waals surface area contributed by atoms with Gasteiger partial charge in [-0.3, -0.25) is 0 Å². The molecule has 10 rings (SSSR count). The highest BCUT2D eigenvalue weighted by molar-refractivity contribution is 7.00. The molecule has 2 aliphatic heterocycles. The third kappa shape index (κ3) is 5.67. The van der Waals surface area contributed by atoms with Gasteiger partial charge in [0.2, 0.25) is 0 Å². The van der Waals surface area contributed by atoms with Gasteiger partial charge < -0.3 is 9.80 Å². The summed E-state index contributed by atoms with van der Waals surface area (Å²) in [7, 11) is 0. The molecule has 3 heteroatoms. The summed E-state index contributed by atoms with van der Waals surface area (Å²) in [5.41, 5.74) is 19.8. The van der Waals surface area contributed by atoms with Crippen LogP contribution in [0.2, 0.25) is 0 Å². The Balaban J connectivity index is 1.22. The van der Waals surface area contributed by atoms with E-state index in [1.165, 1.54) is 78.1 Å². The van der Waals surface area contributed by atoms with Crippen LogP contribution in [-0.4, -0.2) is 6.71 Å². The van der Waals surface area contributed by atoms with Gasteiger partial charge in [0.05, 0.1) is 0 Å². The second kappa shape index (κ2) is 13.1. The molecule has 0 spiro atoms. The smallest absolute Gasteiger partial charge is 0.252 e. The molecule has 0 aromatic heterocycles. The first-order valence-corrected chi connectivity index (χ1v) is 19.3. The normalized spacial score (nSPS) is 12.9. The van der Waals surface area contributed by atoms with Gasteiger partial charge in [0.1, 0.15) is 0 Å². The monoisotopic (exact) mass is 704 g/mol. The van der Waals surface area contributed by atoms with Crippen LogP contribution in [0, 0.1) is 0 Å². The highest BCUT2D eigenvalue weighted by Crippen LogP contribution is 2.46. The Labute approximate surface area is 325 Å². The van der Waals surface area contributed by atoms with Crippen molar-refractivity contribution in [3.05, 3.63) is 200 Å². The van der Waals surface area contributed by atoms with Gasteiger partial charge in [-0.05, 0) is 109 Å². The Kier molecular flexibility index (Phi) is 7.85. The van der Waals surface area contributed by atoms with Crippen molar-refractivity contribution in [1.29, 1.82) is 0 Å². The van der Waals surface area contributed by atoms with Gasteiger partial charge in [0.25, 0.3) is 6.71 Å². The largest absolute Gasteiger partial charge is 0.311 e. The van der Waals surface area contributed by atoms with E-state index in [2.05, 4.69) is 225 Å². The lowest BCUT2D eigenvalue weighted by Gasteiger charge is -2.44. The van der Waals surface area contributed by atoms with E-state index in [4.69, 9.17) is 0 Å². The summed E-state index contributed by atoms with van der Waals surface area (Å²) in [6.45, 7) is 6.92. The topological polar surface area (TPSA) is 6.48 Å². The predicted molar refractivity (Wildman–Crippen MR) is 235 cm³/mol. The summed E-state index contributed by atoms with van der Waals surface area (Å²) < 4.78 is 0. The number of fused-ring (bicyclic) bond motifs is 4. The van der Waals surface area contributed by atoms with Crippen molar-refractivity contribution >= 4 is 57.2 Å². The Morgan fingerprint density at radius 1 is 0.345 bits per heavy atom. The molecule has 2 aliphatic rings. The van der Waals surface area contributed by atoms with Crippen LogP contribution in [0.25, 0.3) is 33.4 Å². The minimum absolute atomic E-state index is 0.0758. The number of rotatable bonds is 5. The maximum absolute atomic E-state index is 2.50. The summed E-state index contributed by atoms with van der Waals surface area (Å²) >= 11 is 0. The van der Waals surface area contributed by atoms with Crippen LogP contribution in [0.1, 0.15) is 26.3 Å². The van der Waals surface area contributed by atoms with Crippen molar-refractivity contribution < 1.29 is 0 Å². The number of para-hydroxylation sites is 2. The first kappa shape index (κ1) is 33.0. The lowest BCUT2D eigenvalue weighted by atomic mass is 9.33. The zero-order valence-corrected chi connectivity index (χ0v) is 31.4. The van der Waals surface area contributed by atoms with E-state index >= 15 is 0 Å². The SMILES string of the molecule is CC(C)(C)c1ccc(-c2cc3c4c(c2)N(c2ccc(-c5ccccc5)cc2)c2ccccc2B4c2ccccc2N3c2ccc(-c3ccccc3)cc2)cc1. The van der Waals surface area contributed by atoms with Crippen LogP contribution in [0.4, 0.5) is 34.1 Å². The van der Waals surface area contributed by atoms with Crippen molar-refractivity contribution in [2.75, 3.05) is 9.80 Å². The molecule has 0 atom stereocenters. The van der Waals surface area contributed by atoms with Crippen LogP contribution in [0.15, 0.2) is 194 Å². The summed E-state index contributed by atoms with van der Waals surface area (Å²) in [6, 6.07) is 71.6. The third-order valence-electron chi connectivity index (χ3n) is 11.4. The van der Waals surface area contributed by atoms with Crippen LogP contribution < -0.4 is 26.2 Å². The highest BCUT2D eigenvalue weighted by Gasteiger charge is 2.43. The van der Waals surface area contributed by atoms with Crippen molar-refractivity contribution in [2.24, 2.45) is 0 Å². The van der Waals surface area contributed by atoms with Crippen molar-refractivity contribution in [2.45, 2.75) is 26.2 Å². The third-order valence-corrected chi connectivity index (χ3v) is 11.4. The van der Waals surface area contributed by atoms with Gasteiger partial charge in [0, 0.05) is 34.1 Å². The van der Waals surface area contributed by atoms with Gasteiger partial charge in [-0.1, -0.05) is 166 Å². The summed E-state index contributed by atoms with van der Waals surface area (Å²) in [6.07, 6.45) is 0. The molecule has 0 saturated carbocycles. The van der Waals surface area contributed by atoms with Crippen LogP contribution in [0.5, 0.6) is 0 Å². The van der Waals surface area contributed by atoms with Crippen LogP contribution >= 0.6 is 0 Å². The fourth-order valence-electron chi connectivity index (χ4n) is 8.65. The second-order valence-corrected chi connectivity index (χ2v) is 15.8. The fourth-order valence-corrected chi connectivity index (χ4v) is 8.65. The number of hydrogen-bond acceptors (Lipinski definition) is 2. The molecule has 262 valence electrons. The number of benzene rings is 8. The maximum Gasteiger partial charge on any atom is 0.252 e. The molecule has 0 unspecified atom stereocenters. The molecule has 0 saturated heterocycles. The van der Waals surface area contributed by atoms with Crippen molar-refractivity contribution in [3.8, 4) is 33.4 Å². The quantitative estimate of drug-likeness (QED) is 0.165. The molecule has 0 aliphatic carbocycles. The van der Waals surface area contributed by atoms with E-state index in [-0.39, 0.29) is 12.1 Å². The van der Waals surface area contributed by atoms with Gasteiger partial charge in [-0.25, -0.2) is 0 Å². The average Bonchev–Trinajstić information content (AvgIpc) is 3.24. The second-order valence-electron chi connectivity index (χ2n) is 15.8. The molecular formula is C52H41BN2. The molecule has 2 heterocycles. The molecule has 0 fully saturated rings. The summed E-state index contributed by atoms with van der Waals surface area (Å²) in [5, 5.41) is 0. The fraction of sp³-hybridized carbons (Fsp3) is 0.0769. The minimum atomic E-state index is 0.0758. The van der Waals surface area contributed by atoms with E-state index in [0.717, 1.165) is 11.4 Å². The van der Waals surface area contributed by atoms with Gasteiger partial charge in [-0.15, -0.1) is 0 Å².